The molecule has 3 rings (SSSR count). The van der Waals surface area contributed by atoms with Crippen LogP contribution in [0.2, 0.25) is 0 Å². The molecule has 0 spiro atoms. The van der Waals surface area contributed by atoms with Gasteiger partial charge in [0.1, 0.15) is 0 Å². The van der Waals surface area contributed by atoms with Gasteiger partial charge in [0.15, 0.2) is 0 Å². The predicted molar refractivity (Wildman–Crippen MR) is 87.7 cm³/mol. The van der Waals surface area contributed by atoms with Crippen molar-refractivity contribution >= 4 is 22.4 Å². The zero-order valence-electron chi connectivity index (χ0n) is 12.9. The van der Waals surface area contributed by atoms with E-state index >= 15 is 0 Å². The Balaban J connectivity index is 1.80. The Hall–Kier alpha value is -2.30. The van der Waals surface area contributed by atoms with Crippen molar-refractivity contribution < 1.29 is 4.79 Å². The van der Waals surface area contributed by atoms with Crippen molar-refractivity contribution in [3.05, 3.63) is 40.8 Å². The number of carbonyl (C=O) groups excluding carboxylic acids is 1. The molecule has 1 amide bonds. The van der Waals surface area contributed by atoms with Crippen molar-refractivity contribution in [2.24, 2.45) is 5.92 Å². The molecular weight excluding hydrogens is 278 g/mol. The molecule has 1 fully saturated rings. The molecule has 116 valence electrons. The minimum atomic E-state index is -0.0459. The second kappa shape index (κ2) is 5.48. The van der Waals surface area contributed by atoms with Gasteiger partial charge in [-0.2, -0.15) is 0 Å². The zero-order valence-corrected chi connectivity index (χ0v) is 12.9. The summed E-state index contributed by atoms with van der Waals surface area (Å²) in [5.41, 5.74) is 6.47. The van der Waals surface area contributed by atoms with Gasteiger partial charge in [0.25, 0.3) is 5.56 Å². The van der Waals surface area contributed by atoms with Crippen molar-refractivity contribution in [2.75, 3.05) is 5.73 Å². The Morgan fingerprint density at radius 3 is 2.86 bits per heavy atom. The van der Waals surface area contributed by atoms with Crippen LogP contribution in [0.3, 0.4) is 0 Å². The molecule has 3 N–H and O–H groups in total. The third-order valence-electron chi connectivity index (χ3n) is 4.06. The fourth-order valence-electron chi connectivity index (χ4n) is 2.86. The average Bonchev–Trinajstić information content (AvgIpc) is 3.18. The largest absolute Gasteiger partial charge is 0.398 e. The van der Waals surface area contributed by atoms with E-state index in [-0.39, 0.29) is 23.6 Å². The fraction of sp³-hybridized carbons (Fsp3) is 0.412. The van der Waals surface area contributed by atoms with E-state index in [0.29, 0.717) is 23.4 Å². The molecule has 22 heavy (non-hydrogen) atoms. The number of amides is 1. The highest BCUT2D eigenvalue weighted by atomic mass is 16.2. The van der Waals surface area contributed by atoms with Gasteiger partial charge >= 0.3 is 0 Å². The van der Waals surface area contributed by atoms with E-state index in [0.717, 1.165) is 11.8 Å². The molecule has 2 atom stereocenters. The Bertz CT molecular complexity index is 779. The lowest BCUT2D eigenvalue weighted by atomic mass is 10.1. The van der Waals surface area contributed by atoms with E-state index in [9.17, 15) is 9.59 Å². The smallest absolute Gasteiger partial charge is 0.258 e. The van der Waals surface area contributed by atoms with Crippen LogP contribution < -0.4 is 16.6 Å². The monoisotopic (exact) mass is 299 g/mol. The molecule has 1 heterocycles. The van der Waals surface area contributed by atoms with Crippen molar-refractivity contribution in [3.63, 3.8) is 0 Å². The van der Waals surface area contributed by atoms with E-state index in [1.807, 2.05) is 19.9 Å². The van der Waals surface area contributed by atoms with Crippen molar-refractivity contribution in [3.8, 4) is 0 Å². The molecule has 0 saturated heterocycles. The molecule has 0 aliphatic heterocycles. The first-order chi connectivity index (χ1) is 10.5. The van der Waals surface area contributed by atoms with Gasteiger partial charge in [-0.25, -0.2) is 0 Å². The maximum Gasteiger partial charge on any atom is 0.258 e. The number of nitrogens with zero attached hydrogens (tertiary/aromatic N) is 1. The number of anilines is 1. The summed E-state index contributed by atoms with van der Waals surface area (Å²) in [5, 5.41) is 4.41. The van der Waals surface area contributed by atoms with Crippen LogP contribution >= 0.6 is 0 Å². The van der Waals surface area contributed by atoms with Gasteiger partial charge in [-0.3, -0.25) is 9.59 Å². The second-order valence-corrected chi connectivity index (χ2v) is 6.41. The molecule has 1 saturated carbocycles. The molecule has 1 aliphatic rings. The quantitative estimate of drug-likeness (QED) is 0.848. The van der Waals surface area contributed by atoms with Crippen LogP contribution in [0, 0.1) is 5.92 Å². The number of nitrogens with two attached hydrogens (primary N) is 1. The Labute approximate surface area is 129 Å². The third-order valence-corrected chi connectivity index (χ3v) is 4.06. The zero-order chi connectivity index (χ0) is 15.9. The summed E-state index contributed by atoms with van der Waals surface area (Å²) in [6.45, 7) is 4.03. The van der Waals surface area contributed by atoms with E-state index in [1.165, 1.54) is 0 Å². The van der Waals surface area contributed by atoms with Crippen LogP contribution in [0.1, 0.15) is 32.7 Å². The molecule has 1 aromatic heterocycles. The summed E-state index contributed by atoms with van der Waals surface area (Å²) in [4.78, 5) is 24.4. The lowest BCUT2D eigenvalue weighted by molar-refractivity contribution is -0.122. The average molecular weight is 299 g/mol. The predicted octanol–water partition coefficient (Wildman–Crippen LogP) is 2.06. The van der Waals surface area contributed by atoms with Gasteiger partial charge in [-0.05, 0) is 30.5 Å². The SMILES string of the molecule is CC(C)CC(=O)N[C@@H]1C[C@H]1n1ccc2c(N)cccc2c1=O. The number of benzene rings is 1. The molecule has 5 heteroatoms. The number of pyridine rings is 1. The standard InChI is InChI=1S/C17H21N3O2/c1-10(2)8-16(21)19-14-9-15(14)20-7-6-11-12(17(20)22)4-3-5-13(11)18/h3-7,10,14-15H,8-9,18H2,1-2H3,(H,19,21)/t14-,15-/m1/s1. The number of fused-ring (bicyclic) bond motifs is 1. The second-order valence-electron chi connectivity index (χ2n) is 6.41. The number of hydrogen-bond acceptors (Lipinski definition) is 3. The van der Waals surface area contributed by atoms with Gasteiger partial charge in [0.05, 0.1) is 12.1 Å². The van der Waals surface area contributed by atoms with Crippen molar-refractivity contribution in [2.45, 2.75) is 38.8 Å². The van der Waals surface area contributed by atoms with Gasteiger partial charge in [0.2, 0.25) is 5.91 Å². The normalized spacial score (nSPS) is 20.3. The topological polar surface area (TPSA) is 77.1 Å². The van der Waals surface area contributed by atoms with Gasteiger partial charge in [-0.15, -0.1) is 0 Å². The molecule has 0 unspecified atom stereocenters. The molecule has 0 radical (unpaired) electrons. The highest BCUT2D eigenvalue weighted by Crippen LogP contribution is 2.35. The summed E-state index contributed by atoms with van der Waals surface area (Å²) in [6, 6.07) is 7.35. The number of aromatic nitrogens is 1. The highest BCUT2D eigenvalue weighted by molar-refractivity contribution is 5.92. The summed E-state index contributed by atoms with van der Waals surface area (Å²) < 4.78 is 1.71. The summed E-state index contributed by atoms with van der Waals surface area (Å²) >= 11 is 0. The molecule has 1 aromatic carbocycles. The Morgan fingerprint density at radius 1 is 1.36 bits per heavy atom. The highest BCUT2D eigenvalue weighted by Gasteiger charge is 2.40. The van der Waals surface area contributed by atoms with E-state index in [2.05, 4.69) is 5.32 Å². The van der Waals surface area contributed by atoms with E-state index in [1.54, 1.807) is 29.0 Å². The Kier molecular flexibility index (Phi) is 3.64. The fourth-order valence-corrected chi connectivity index (χ4v) is 2.86. The first-order valence-corrected chi connectivity index (χ1v) is 7.66. The molecule has 0 bridgehead atoms. The summed E-state index contributed by atoms with van der Waals surface area (Å²) in [5.74, 6) is 0.393. The van der Waals surface area contributed by atoms with E-state index in [4.69, 9.17) is 5.73 Å². The molecule has 1 aliphatic carbocycles. The summed E-state index contributed by atoms with van der Waals surface area (Å²) in [6.07, 6.45) is 3.10. The molecule has 5 nitrogen and oxygen atoms in total. The number of nitrogen functional groups attached to an aromatic ring is 1. The van der Waals surface area contributed by atoms with Crippen LogP contribution in [0.4, 0.5) is 5.69 Å². The van der Waals surface area contributed by atoms with Gasteiger partial charge in [-0.1, -0.05) is 19.9 Å². The van der Waals surface area contributed by atoms with Crippen LogP contribution in [-0.4, -0.2) is 16.5 Å². The van der Waals surface area contributed by atoms with Gasteiger partial charge in [0, 0.05) is 29.1 Å². The lowest BCUT2D eigenvalue weighted by Gasteiger charge is -2.10. The van der Waals surface area contributed by atoms with Gasteiger partial charge < -0.3 is 15.6 Å². The van der Waals surface area contributed by atoms with Crippen molar-refractivity contribution in [1.29, 1.82) is 0 Å². The first kappa shape index (κ1) is 14.6. The maximum absolute atomic E-state index is 12.6. The van der Waals surface area contributed by atoms with Crippen LogP contribution in [0.5, 0.6) is 0 Å². The first-order valence-electron chi connectivity index (χ1n) is 7.66. The summed E-state index contributed by atoms with van der Waals surface area (Å²) in [7, 11) is 0. The molecular formula is C17H21N3O2. The number of rotatable bonds is 4. The maximum atomic E-state index is 12.6. The van der Waals surface area contributed by atoms with Crippen molar-refractivity contribution in [1.82, 2.24) is 9.88 Å². The van der Waals surface area contributed by atoms with E-state index < -0.39 is 0 Å². The van der Waals surface area contributed by atoms with Crippen LogP contribution in [0.25, 0.3) is 10.8 Å². The van der Waals surface area contributed by atoms with Crippen LogP contribution in [-0.2, 0) is 4.79 Å². The number of hydrogen-bond donors (Lipinski definition) is 2. The number of carbonyl (C=O) groups is 1. The molecule has 2 aromatic rings. The third kappa shape index (κ3) is 2.71. The Morgan fingerprint density at radius 2 is 2.14 bits per heavy atom. The minimum Gasteiger partial charge on any atom is -0.398 e. The minimum absolute atomic E-state index is 0.0459. The lowest BCUT2D eigenvalue weighted by Crippen LogP contribution is -2.30. The number of nitrogens with one attached hydrogen (secondary N) is 1. The van der Waals surface area contributed by atoms with Crippen LogP contribution in [0.15, 0.2) is 35.3 Å².